The van der Waals surface area contributed by atoms with Crippen LogP contribution in [0.5, 0.6) is 0 Å². The molecule has 15 heavy (non-hydrogen) atoms. The molecule has 0 atom stereocenters. The van der Waals surface area contributed by atoms with E-state index in [0.29, 0.717) is 13.1 Å². The van der Waals surface area contributed by atoms with Crippen LogP contribution < -0.4 is 4.72 Å². The minimum atomic E-state index is -3.22. The van der Waals surface area contributed by atoms with Crippen LogP contribution >= 0.6 is 11.6 Å². The molecule has 0 radical (unpaired) electrons. The maximum atomic E-state index is 11.2. The average molecular weight is 252 g/mol. The van der Waals surface area contributed by atoms with E-state index in [-0.39, 0.29) is 11.6 Å². The summed E-state index contributed by atoms with van der Waals surface area (Å²) in [6, 6.07) is 0. The van der Waals surface area contributed by atoms with Gasteiger partial charge in [-0.3, -0.25) is 4.68 Å². The van der Waals surface area contributed by atoms with Crippen molar-refractivity contribution in [2.45, 2.75) is 13.5 Å². The summed E-state index contributed by atoms with van der Waals surface area (Å²) in [6.45, 7) is 2.79. The van der Waals surface area contributed by atoms with Crippen LogP contribution in [0.3, 0.4) is 0 Å². The normalized spacial score (nSPS) is 11.9. The molecule has 86 valence electrons. The highest BCUT2D eigenvalue weighted by Gasteiger charge is 2.07. The number of nitrogens with zero attached hydrogens (tertiary/aromatic N) is 2. The molecular formula is C8H14ClN3O2S. The third-order valence-corrected chi connectivity index (χ3v) is 3.57. The summed E-state index contributed by atoms with van der Waals surface area (Å²) in [5.41, 5.74) is 1.05. The number of hydrogen-bond acceptors (Lipinski definition) is 3. The Morgan fingerprint density at radius 2 is 2.33 bits per heavy atom. The number of aromatic nitrogens is 2. The molecule has 0 aliphatic carbocycles. The van der Waals surface area contributed by atoms with Crippen molar-refractivity contribution in [2.75, 3.05) is 18.2 Å². The Kier molecular flexibility index (Phi) is 4.56. The summed E-state index contributed by atoms with van der Waals surface area (Å²) in [7, 11) is -3.22. The lowest BCUT2D eigenvalue weighted by atomic mass is 10.4. The Morgan fingerprint density at radius 3 is 2.87 bits per heavy atom. The Labute approximate surface area is 94.5 Å². The zero-order valence-electron chi connectivity index (χ0n) is 8.48. The van der Waals surface area contributed by atoms with E-state index < -0.39 is 10.0 Å². The maximum Gasteiger partial charge on any atom is 0.212 e. The van der Waals surface area contributed by atoms with E-state index >= 15 is 0 Å². The highest BCUT2D eigenvalue weighted by molar-refractivity contribution is 7.89. The van der Waals surface area contributed by atoms with Crippen LogP contribution in [0.1, 0.15) is 5.56 Å². The molecule has 0 aromatic carbocycles. The second-order valence-corrected chi connectivity index (χ2v) is 5.49. The molecule has 0 aliphatic heterocycles. The van der Waals surface area contributed by atoms with E-state index in [2.05, 4.69) is 9.82 Å². The third-order valence-electron chi connectivity index (χ3n) is 1.77. The van der Waals surface area contributed by atoms with E-state index in [1.165, 1.54) is 0 Å². The molecule has 0 aliphatic rings. The number of halogens is 1. The van der Waals surface area contributed by atoms with Gasteiger partial charge >= 0.3 is 0 Å². The number of sulfonamides is 1. The van der Waals surface area contributed by atoms with Crippen LogP contribution in [0.15, 0.2) is 12.4 Å². The lowest BCUT2D eigenvalue weighted by Crippen LogP contribution is -2.30. The van der Waals surface area contributed by atoms with Gasteiger partial charge in [-0.2, -0.15) is 5.10 Å². The van der Waals surface area contributed by atoms with Gasteiger partial charge in [-0.1, -0.05) is 0 Å². The Hall–Kier alpha value is -0.590. The standard InChI is InChI=1S/C8H14ClN3O2S/c1-8-6-10-12(7-8)4-3-11-15(13,14)5-2-9/h6-7,11H,2-5H2,1H3. The van der Waals surface area contributed by atoms with Crippen LogP contribution in [0.4, 0.5) is 0 Å². The zero-order valence-corrected chi connectivity index (χ0v) is 10.1. The minimum Gasteiger partial charge on any atom is -0.271 e. The van der Waals surface area contributed by atoms with Crippen LogP contribution in [0.2, 0.25) is 0 Å². The van der Waals surface area contributed by atoms with Crippen molar-refractivity contribution in [3.8, 4) is 0 Å². The molecule has 0 bridgehead atoms. The summed E-state index contributed by atoms with van der Waals surface area (Å²) in [5.74, 6) is 0.0584. The molecular weight excluding hydrogens is 238 g/mol. The fourth-order valence-corrected chi connectivity index (χ4v) is 2.44. The fraction of sp³-hybridized carbons (Fsp3) is 0.625. The van der Waals surface area contributed by atoms with E-state index in [1.54, 1.807) is 10.9 Å². The Balaban J connectivity index is 2.33. The molecule has 0 amide bonds. The first-order valence-corrected chi connectivity index (χ1v) is 6.74. The van der Waals surface area contributed by atoms with Crippen LogP contribution in [-0.2, 0) is 16.6 Å². The predicted molar refractivity (Wildman–Crippen MR) is 59.5 cm³/mol. The van der Waals surface area contributed by atoms with Gasteiger partial charge in [0.25, 0.3) is 0 Å². The molecule has 0 fully saturated rings. The molecule has 0 unspecified atom stereocenters. The molecule has 0 spiro atoms. The van der Waals surface area contributed by atoms with Gasteiger partial charge in [0.2, 0.25) is 10.0 Å². The van der Waals surface area contributed by atoms with Crippen molar-refractivity contribution >= 4 is 21.6 Å². The van der Waals surface area contributed by atoms with Gasteiger partial charge in [0, 0.05) is 18.6 Å². The molecule has 1 aromatic heterocycles. The first kappa shape index (κ1) is 12.5. The van der Waals surface area contributed by atoms with Crippen molar-refractivity contribution in [1.29, 1.82) is 0 Å². The van der Waals surface area contributed by atoms with Gasteiger partial charge in [-0.05, 0) is 12.5 Å². The summed E-state index contributed by atoms with van der Waals surface area (Å²) < 4.78 is 26.5. The van der Waals surface area contributed by atoms with Crippen molar-refractivity contribution in [3.63, 3.8) is 0 Å². The summed E-state index contributed by atoms with van der Waals surface area (Å²) in [6.07, 6.45) is 3.59. The highest BCUT2D eigenvalue weighted by Crippen LogP contribution is 1.93. The van der Waals surface area contributed by atoms with Crippen molar-refractivity contribution in [2.24, 2.45) is 0 Å². The van der Waals surface area contributed by atoms with E-state index in [1.807, 2.05) is 13.1 Å². The van der Waals surface area contributed by atoms with Crippen molar-refractivity contribution in [3.05, 3.63) is 18.0 Å². The topological polar surface area (TPSA) is 64.0 Å². The highest BCUT2D eigenvalue weighted by atomic mass is 35.5. The first-order chi connectivity index (χ1) is 7.03. The SMILES string of the molecule is Cc1cnn(CCNS(=O)(=O)CCCl)c1. The van der Waals surface area contributed by atoms with Gasteiger partial charge in [0.1, 0.15) is 0 Å². The monoisotopic (exact) mass is 251 g/mol. The van der Waals surface area contributed by atoms with E-state index in [9.17, 15) is 8.42 Å². The van der Waals surface area contributed by atoms with Crippen LogP contribution in [-0.4, -0.2) is 36.4 Å². The first-order valence-electron chi connectivity index (χ1n) is 4.56. The van der Waals surface area contributed by atoms with Gasteiger partial charge in [0.05, 0.1) is 18.5 Å². The smallest absolute Gasteiger partial charge is 0.212 e. The number of nitrogens with one attached hydrogen (secondary N) is 1. The third kappa shape index (κ3) is 4.63. The van der Waals surface area contributed by atoms with Crippen molar-refractivity contribution < 1.29 is 8.42 Å². The largest absolute Gasteiger partial charge is 0.271 e. The molecule has 0 saturated heterocycles. The Morgan fingerprint density at radius 1 is 1.60 bits per heavy atom. The number of aryl methyl sites for hydroxylation is 1. The molecule has 5 nitrogen and oxygen atoms in total. The van der Waals surface area contributed by atoms with Gasteiger partial charge in [-0.25, -0.2) is 13.1 Å². The van der Waals surface area contributed by atoms with E-state index in [4.69, 9.17) is 11.6 Å². The molecule has 0 saturated carbocycles. The Bertz CT molecular complexity index is 402. The number of rotatable bonds is 6. The zero-order chi connectivity index (χ0) is 11.3. The number of hydrogen-bond donors (Lipinski definition) is 1. The van der Waals surface area contributed by atoms with E-state index in [0.717, 1.165) is 5.56 Å². The second-order valence-electron chi connectivity index (χ2n) is 3.18. The number of alkyl halides is 1. The molecule has 1 N–H and O–H groups in total. The van der Waals surface area contributed by atoms with Crippen molar-refractivity contribution in [1.82, 2.24) is 14.5 Å². The maximum absolute atomic E-state index is 11.2. The second kappa shape index (κ2) is 5.48. The molecule has 1 heterocycles. The summed E-state index contributed by atoms with van der Waals surface area (Å²) in [5, 5.41) is 4.04. The summed E-state index contributed by atoms with van der Waals surface area (Å²) in [4.78, 5) is 0. The average Bonchev–Trinajstić information content (AvgIpc) is 2.51. The fourth-order valence-electron chi connectivity index (χ4n) is 1.08. The van der Waals surface area contributed by atoms with Gasteiger partial charge in [-0.15, -0.1) is 11.6 Å². The summed E-state index contributed by atoms with van der Waals surface area (Å²) >= 11 is 5.35. The minimum absolute atomic E-state index is 0.0489. The molecule has 1 aromatic rings. The molecule has 7 heteroatoms. The van der Waals surface area contributed by atoms with Gasteiger partial charge in [0.15, 0.2) is 0 Å². The predicted octanol–water partition coefficient (Wildman–Crippen LogP) is 0.350. The van der Waals surface area contributed by atoms with Crippen LogP contribution in [0.25, 0.3) is 0 Å². The quantitative estimate of drug-likeness (QED) is 0.742. The lowest BCUT2D eigenvalue weighted by Gasteiger charge is -2.04. The lowest BCUT2D eigenvalue weighted by molar-refractivity contribution is 0.562. The van der Waals surface area contributed by atoms with Gasteiger partial charge < -0.3 is 0 Å². The van der Waals surface area contributed by atoms with Crippen LogP contribution in [0, 0.1) is 6.92 Å². The molecule has 1 rings (SSSR count).